The number of amides is 1. The number of pyridine rings is 1. The highest BCUT2D eigenvalue weighted by molar-refractivity contribution is 6.33. The van der Waals surface area contributed by atoms with E-state index < -0.39 is 5.91 Å². The van der Waals surface area contributed by atoms with E-state index in [1.54, 1.807) is 30.9 Å². The largest absolute Gasteiger partial charge is 0.439 e. The van der Waals surface area contributed by atoms with Crippen LogP contribution in [-0.2, 0) is 4.79 Å². The lowest BCUT2D eigenvalue weighted by Gasteiger charge is -2.04. The number of aromatic nitrogens is 2. The fraction of sp³-hybridized carbons (Fsp3) is 0.211. The molecule has 2 N–H and O–H groups in total. The summed E-state index contributed by atoms with van der Waals surface area (Å²) >= 11 is 6.40. The van der Waals surface area contributed by atoms with Gasteiger partial charge in [-0.1, -0.05) is 41.9 Å². The third-order valence-corrected chi connectivity index (χ3v) is 5.01. The van der Waals surface area contributed by atoms with Crippen LogP contribution in [0.15, 0.2) is 53.2 Å². The van der Waals surface area contributed by atoms with Gasteiger partial charge >= 0.3 is 0 Å². The molecule has 4 rings (SSSR count). The van der Waals surface area contributed by atoms with Gasteiger partial charge in [-0.05, 0) is 17.2 Å². The van der Waals surface area contributed by atoms with Crippen LogP contribution in [0.2, 0.25) is 5.02 Å². The van der Waals surface area contributed by atoms with E-state index in [0.717, 1.165) is 11.1 Å². The van der Waals surface area contributed by atoms with Crippen LogP contribution in [0.25, 0.3) is 11.5 Å². The van der Waals surface area contributed by atoms with Gasteiger partial charge in [0.15, 0.2) is 11.7 Å². The summed E-state index contributed by atoms with van der Waals surface area (Å²) in [6.07, 6.45) is 3.28. The molecule has 1 amide bonds. The summed E-state index contributed by atoms with van der Waals surface area (Å²) in [6, 6.07) is 11.5. The first-order valence-electron chi connectivity index (χ1n) is 8.17. The van der Waals surface area contributed by atoms with Crippen molar-refractivity contribution in [1.82, 2.24) is 15.4 Å². The second-order valence-electron chi connectivity index (χ2n) is 6.31. The standard InChI is InChI=1S/C19H16ClN3O3/c1-10-21-9-14(26-10)18-13(20)7-12(8-22-18)16-15(17(16)19(24)23-25)11-5-3-2-4-6-11/h2-9,15-17,25H,1H3,(H,23,24). The first kappa shape index (κ1) is 16.8. The van der Waals surface area contributed by atoms with Crippen molar-refractivity contribution in [3.63, 3.8) is 0 Å². The van der Waals surface area contributed by atoms with Gasteiger partial charge < -0.3 is 4.42 Å². The van der Waals surface area contributed by atoms with E-state index >= 15 is 0 Å². The topological polar surface area (TPSA) is 88.2 Å². The minimum atomic E-state index is -0.407. The molecule has 0 spiro atoms. The van der Waals surface area contributed by atoms with Crippen LogP contribution >= 0.6 is 11.6 Å². The van der Waals surface area contributed by atoms with Gasteiger partial charge in [0.25, 0.3) is 0 Å². The molecule has 2 aromatic heterocycles. The third-order valence-electron chi connectivity index (χ3n) is 4.72. The Kier molecular flexibility index (Phi) is 4.22. The first-order chi connectivity index (χ1) is 12.6. The average molecular weight is 370 g/mol. The van der Waals surface area contributed by atoms with Crippen LogP contribution < -0.4 is 5.48 Å². The van der Waals surface area contributed by atoms with Gasteiger partial charge in [0, 0.05) is 25.0 Å². The summed E-state index contributed by atoms with van der Waals surface area (Å²) in [5.41, 5.74) is 4.16. The van der Waals surface area contributed by atoms with Gasteiger partial charge in [0.05, 0.1) is 17.1 Å². The summed E-state index contributed by atoms with van der Waals surface area (Å²) in [7, 11) is 0. The number of rotatable bonds is 4. The number of carbonyl (C=O) groups excluding carboxylic acids is 1. The minimum absolute atomic E-state index is 0.0282. The van der Waals surface area contributed by atoms with E-state index in [2.05, 4.69) is 9.97 Å². The third kappa shape index (κ3) is 2.87. The number of aryl methyl sites for hydroxylation is 1. The molecule has 0 aliphatic heterocycles. The molecule has 0 bridgehead atoms. The van der Waals surface area contributed by atoms with Crippen molar-refractivity contribution in [1.29, 1.82) is 0 Å². The molecular weight excluding hydrogens is 354 g/mol. The molecule has 1 aliphatic rings. The zero-order valence-electron chi connectivity index (χ0n) is 13.9. The number of carbonyl (C=O) groups is 1. The quantitative estimate of drug-likeness (QED) is 0.540. The Labute approximate surface area is 154 Å². The van der Waals surface area contributed by atoms with Crippen molar-refractivity contribution < 1.29 is 14.4 Å². The van der Waals surface area contributed by atoms with Crippen molar-refractivity contribution in [3.05, 3.63) is 70.8 Å². The number of benzene rings is 1. The summed E-state index contributed by atoms with van der Waals surface area (Å²) in [6.45, 7) is 1.75. The number of halogens is 1. The zero-order valence-corrected chi connectivity index (χ0v) is 14.6. The molecule has 7 heteroatoms. The molecule has 3 atom stereocenters. The summed E-state index contributed by atoms with van der Waals surface area (Å²) in [5, 5.41) is 9.49. The number of nitrogens with one attached hydrogen (secondary N) is 1. The molecule has 0 radical (unpaired) electrons. The van der Waals surface area contributed by atoms with Gasteiger partial charge in [-0.15, -0.1) is 0 Å². The SMILES string of the molecule is Cc1ncc(-c2ncc(C3C(C(=O)NO)C3c3ccccc3)cc2Cl)o1. The number of hydrogen-bond donors (Lipinski definition) is 2. The average Bonchev–Trinajstić information content (AvgIpc) is 3.27. The fourth-order valence-electron chi connectivity index (χ4n) is 3.50. The van der Waals surface area contributed by atoms with Crippen molar-refractivity contribution in [2.75, 3.05) is 0 Å². The predicted molar refractivity (Wildman–Crippen MR) is 94.8 cm³/mol. The second-order valence-corrected chi connectivity index (χ2v) is 6.71. The van der Waals surface area contributed by atoms with Crippen molar-refractivity contribution >= 4 is 17.5 Å². The van der Waals surface area contributed by atoms with Gasteiger partial charge in [-0.2, -0.15) is 0 Å². The molecule has 0 saturated heterocycles. The van der Waals surface area contributed by atoms with Gasteiger partial charge in [-0.25, -0.2) is 10.5 Å². The molecule has 3 unspecified atom stereocenters. The maximum Gasteiger partial charge on any atom is 0.247 e. The lowest BCUT2D eigenvalue weighted by atomic mass is 10.1. The van der Waals surface area contributed by atoms with Gasteiger partial charge in [0.1, 0.15) is 5.69 Å². The Hall–Kier alpha value is -2.70. The van der Waals surface area contributed by atoms with Crippen LogP contribution in [0, 0.1) is 12.8 Å². The van der Waals surface area contributed by atoms with Crippen LogP contribution in [0.5, 0.6) is 0 Å². The maximum absolute atomic E-state index is 12.1. The van der Waals surface area contributed by atoms with E-state index in [9.17, 15) is 4.79 Å². The van der Waals surface area contributed by atoms with E-state index in [1.807, 2.05) is 30.3 Å². The molecule has 2 heterocycles. The highest BCUT2D eigenvalue weighted by atomic mass is 35.5. The molecular formula is C19H16ClN3O3. The number of hydroxylamine groups is 1. The van der Waals surface area contributed by atoms with Gasteiger partial charge in [-0.3, -0.25) is 15.0 Å². The predicted octanol–water partition coefficient (Wildman–Crippen LogP) is 3.70. The number of oxazole rings is 1. The summed E-state index contributed by atoms with van der Waals surface area (Å²) in [5.74, 6) is 0.139. The second kappa shape index (κ2) is 6.55. The van der Waals surface area contributed by atoms with Crippen LogP contribution in [0.4, 0.5) is 0 Å². The Morgan fingerprint density at radius 1 is 1.15 bits per heavy atom. The Bertz CT molecular complexity index is 958. The first-order valence-corrected chi connectivity index (χ1v) is 8.55. The van der Waals surface area contributed by atoms with Crippen molar-refractivity contribution in [2.45, 2.75) is 18.8 Å². The molecule has 1 fully saturated rings. The molecule has 26 heavy (non-hydrogen) atoms. The highest BCUT2D eigenvalue weighted by Crippen LogP contribution is 2.60. The molecule has 1 saturated carbocycles. The zero-order chi connectivity index (χ0) is 18.3. The van der Waals surface area contributed by atoms with Gasteiger partial charge in [0.2, 0.25) is 5.91 Å². The smallest absolute Gasteiger partial charge is 0.247 e. The van der Waals surface area contributed by atoms with Crippen molar-refractivity contribution in [2.24, 2.45) is 5.92 Å². The molecule has 1 aromatic carbocycles. The molecule has 3 aromatic rings. The molecule has 1 aliphatic carbocycles. The maximum atomic E-state index is 12.1. The Morgan fingerprint density at radius 2 is 1.88 bits per heavy atom. The Balaban J connectivity index is 1.67. The lowest BCUT2D eigenvalue weighted by Crippen LogP contribution is -2.21. The van der Waals surface area contributed by atoms with E-state index in [-0.39, 0.29) is 17.8 Å². The Morgan fingerprint density at radius 3 is 2.50 bits per heavy atom. The highest BCUT2D eigenvalue weighted by Gasteiger charge is 2.56. The monoisotopic (exact) mass is 369 g/mol. The van der Waals surface area contributed by atoms with E-state index in [1.165, 1.54) is 0 Å². The summed E-state index contributed by atoms with van der Waals surface area (Å²) in [4.78, 5) is 20.5. The van der Waals surface area contributed by atoms with Crippen LogP contribution in [0.3, 0.4) is 0 Å². The number of nitrogens with zero attached hydrogens (tertiary/aromatic N) is 2. The lowest BCUT2D eigenvalue weighted by molar-refractivity contribution is -0.130. The minimum Gasteiger partial charge on any atom is -0.439 e. The van der Waals surface area contributed by atoms with Crippen LogP contribution in [0.1, 0.15) is 28.9 Å². The van der Waals surface area contributed by atoms with Crippen molar-refractivity contribution in [3.8, 4) is 11.5 Å². The van der Waals surface area contributed by atoms with E-state index in [0.29, 0.717) is 22.4 Å². The normalized spacial score (nSPS) is 21.4. The van der Waals surface area contributed by atoms with Crippen LogP contribution in [-0.4, -0.2) is 21.1 Å². The summed E-state index contributed by atoms with van der Waals surface area (Å²) < 4.78 is 5.48. The fourth-order valence-corrected chi connectivity index (χ4v) is 3.77. The number of hydrogen-bond acceptors (Lipinski definition) is 5. The molecule has 132 valence electrons. The molecule has 6 nitrogen and oxygen atoms in total. The van der Waals surface area contributed by atoms with E-state index in [4.69, 9.17) is 21.2 Å².